The van der Waals surface area contributed by atoms with Crippen LogP contribution < -0.4 is 5.32 Å². The van der Waals surface area contributed by atoms with Gasteiger partial charge in [-0.3, -0.25) is 9.69 Å². The van der Waals surface area contributed by atoms with Crippen molar-refractivity contribution in [1.29, 1.82) is 0 Å². The number of carbonyl (C=O) groups excluding carboxylic acids is 1. The number of thioether (sulfide) groups is 1. The molecule has 0 unspecified atom stereocenters. The molecule has 1 saturated heterocycles. The van der Waals surface area contributed by atoms with E-state index in [1.54, 1.807) is 36.4 Å². The first-order valence-corrected chi connectivity index (χ1v) is 9.50. The Labute approximate surface area is 169 Å². The normalized spacial score (nSPS) is 16.0. The molecule has 3 rings (SSSR count). The van der Waals surface area contributed by atoms with Gasteiger partial charge in [-0.05, 0) is 48.0 Å². The minimum atomic E-state index is -0.150. The molecule has 2 aromatic carbocycles. The van der Waals surface area contributed by atoms with E-state index in [0.29, 0.717) is 24.3 Å². The van der Waals surface area contributed by atoms with E-state index in [2.05, 4.69) is 5.32 Å². The summed E-state index contributed by atoms with van der Waals surface area (Å²) in [5, 5.41) is 4.72. The molecule has 0 radical (unpaired) electrons. The van der Waals surface area contributed by atoms with Crippen LogP contribution in [0.1, 0.15) is 5.56 Å². The second-order valence-corrected chi connectivity index (χ2v) is 8.05. The van der Waals surface area contributed by atoms with E-state index in [-0.39, 0.29) is 12.6 Å². The van der Waals surface area contributed by atoms with Crippen LogP contribution in [0.3, 0.4) is 0 Å². The van der Waals surface area contributed by atoms with Gasteiger partial charge < -0.3 is 5.32 Å². The summed E-state index contributed by atoms with van der Waals surface area (Å²) < 4.78 is 0.498. The molecular formula is C17H11Cl3N2OS2. The van der Waals surface area contributed by atoms with E-state index < -0.39 is 0 Å². The SMILES string of the molecule is O=C1/C(=C\c2ccc(Cl)c(Cl)c2)SC(=S)N1CNc1ccc(Cl)cc1. The summed E-state index contributed by atoms with van der Waals surface area (Å²) in [7, 11) is 0. The summed E-state index contributed by atoms with van der Waals surface area (Å²) in [6.07, 6.45) is 1.75. The molecule has 0 spiro atoms. The summed E-state index contributed by atoms with van der Waals surface area (Å²) >= 11 is 24.4. The first kappa shape index (κ1) is 18.5. The molecule has 0 atom stereocenters. The topological polar surface area (TPSA) is 32.3 Å². The van der Waals surface area contributed by atoms with Crippen LogP contribution in [-0.4, -0.2) is 21.8 Å². The van der Waals surface area contributed by atoms with Crippen LogP contribution in [0.2, 0.25) is 15.1 Å². The lowest BCUT2D eigenvalue weighted by Gasteiger charge is -2.16. The molecule has 8 heteroatoms. The van der Waals surface area contributed by atoms with E-state index in [0.717, 1.165) is 11.3 Å². The third kappa shape index (κ3) is 4.49. The number of rotatable bonds is 4. The largest absolute Gasteiger partial charge is 0.367 e. The number of anilines is 1. The molecule has 1 aliphatic rings. The van der Waals surface area contributed by atoms with Crippen LogP contribution >= 0.6 is 58.8 Å². The quantitative estimate of drug-likeness (QED) is 0.483. The van der Waals surface area contributed by atoms with Crippen LogP contribution in [0.5, 0.6) is 0 Å². The molecule has 0 saturated carbocycles. The summed E-state index contributed by atoms with van der Waals surface area (Å²) in [5.74, 6) is -0.150. The van der Waals surface area contributed by atoms with Gasteiger partial charge in [0.25, 0.3) is 5.91 Å². The Morgan fingerprint density at radius 3 is 2.48 bits per heavy atom. The van der Waals surface area contributed by atoms with Crippen LogP contribution in [-0.2, 0) is 4.79 Å². The molecule has 128 valence electrons. The van der Waals surface area contributed by atoms with E-state index in [1.807, 2.05) is 12.1 Å². The molecule has 2 aromatic rings. The Morgan fingerprint density at radius 2 is 1.80 bits per heavy atom. The predicted octanol–water partition coefficient (Wildman–Crippen LogP) is 5.92. The van der Waals surface area contributed by atoms with E-state index in [4.69, 9.17) is 47.0 Å². The number of hydrogen-bond donors (Lipinski definition) is 1. The zero-order valence-electron chi connectivity index (χ0n) is 12.6. The third-order valence-corrected chi connectivity index (χ3v) is 5.77. The lowest BCUT2D eigenvalue weighted by atomic mass is 10.2. The highest BCUT2D eigenvalue weighted by Gasteiger charge is 2.31. The summed E-state index contributed by atoms with van der Waals surface area (Å²) in [6.45, 7) is 0.283. The number of halogens is 3. The number of hydrogen-bond acceptors (Lipinski definition) is 4. The minimum absolute atomic E-state index is 0.150. The first-order valence-electron chi connectivity index (χ1n) is 7.14. The molecule has 1 N–H and O–H groups in total. The highest BCUT2D eigenvalue weighted by Crippen LogP contribution is 2.33. The molecule has 1 amide bonds. The average molecular weight is 430 g/mol. The summed E-state index contributed by atoms with van der Waals surface area (Å²) in [4.78, 5) is 14.6. The smallest absolute Gasteiger partial charge is 0.267 e. The highest BCUT2D eigenvalue weighted by atomic mass is 35.5. The maximum Gasteiger partial charge on any atom is 0.267 e. The lowest BCUT2D eigenvalue weighted by molar-refractivity contribution is -0.121. The number of nitrogens with zero attached hydrogens (tertiary/aromatic N) is 1. The summed E-state index contributed by atoms with van der Waals surface area (Å²) in [6, 6.07) is 12.4. The van der Waals surface area contributed by atoms with Gasteiger partial charge in [-0.15, -0.1) is 0 Å². The molecule has 0 aromatic heterocycles. The molecule has 0 bridgehead atoms. The molecular weight excluding hydrogens is 419 g/mol. The molecule has 0 aliphatic carbocycles. The maximum atomic E-state index is 12.6. The molecule has 1 heterocycles. The van der Waals surface area contributed by atoms with Crippen molar-refractivity contribution in [3.63, 3.8) is 0 Å². The highest BCUT2D eigenvalue weighted by molar-refractivity contribution is 8.26. The first-order chi connectivity index (χ1) is 11.9. The zero-order valence-corrected chi connectivity index (χ0v) is 16.5. The van der Waals surface area contributed by atoms with Crippen LogP contribution in [0, 0.1) is 0 Å². The van der Waals surface area contributed by atoms with Crippen molar-refractivity contribution in [3.05, 3.63) is 68.0 Å². The van der Waals surface area contributed by atoms with E-state index in [9.17, 15) is 4.79 Å². The van der Waals surface area contributed by atoms with Crippen molar-refractivity contribution >= 4 is 80.8 Å². The van der Waals surface area contributed by atoms with Gasteiger partial charge in [-0.1, -0.05) is 64.8 Å². The number of nitrogens with one attached hydrogen (secondary N) is 1. The van der Waals surface area contributed by atoms with Gasteiger partial charge >= 0.3 is 0 Å². The fourth-order valence-electron chi connectivity index (χ4n) is 2.13. The van der Waals surface area contributed by atoms with Gasteiger partial charge in [-0.25, -0.2) is 0 Å². The third-order valence-electron chi connectivity index (χ3n) is 3.40. The number of thiocarbonyl (C=S) groups is 1. The fourth-order valence-corrected chi connectivity index (χ4v) is 3.82. The monoisotopic (exact) mass is 428 g/mol. The van der Waals surface area contributed by atoms with Crippen molar-refractivity contribution in [2.24, 2.45) is 0 Å². The number of benzene rings is 2. The van der Waals surface area contributed by atoms with Gasteiger partial charge in [0.15, 0.2) is 0 Å². The van der Waals surface area contributed by atoms with Crippen LogP contribution in [0.25, 0.3) is 6.08 Å². The van der Waals surface area contributed by atoms with E-state index in [1.165, 1.54) is 16.7 Å². The van der Waals surface area contributed by atoms with Crippen LogP contribution in [0.15, 0.2) is 47.4 Å². The number of carbonyl (C=O) groups is 1. The Kier molecular flexibility index (Phi) is 5.92. The van der Waals surface area contributed by atoms with Crippen LogP contribution in [0.4, 0.5) is 5.69 Å². The van der Waals surface area contributed by atoms with Gasteiger partial charge in [0.2, 0.25) is 0 Å². The molecule has 1 aliphatic heterocycles. The van der Waals surface area contributed by atoms with Crippen molar-refractivity contribution < 1.29 is 4.79 Å². The van der Waals surface area contributed by atoms with Crippen molar-refractivity contribution in [1.82, 2.24) is 4.90 Å². The Hall–Kier alpha value is -1.24. The maximum absolute atomic E-state index is 12.6. The van der Waals surface area contributed by atoms with Gasteiger partial charge in [0.05, 0.1) is 21.6 Å². The standard InChI is InChI=1S/C17H11Cl3N2OS2/c18-11-2-4-12(5-3-11)21-9-22-16(23)15(25-17(22)24)8-10-1-6-13(19)14(20)7-10/h1-8,21H,9H2/b15-8+. The molecule has 1 fully saturated rings. The van der Waals surface area contributed by atoms with E-state index >= 15 is 0 Å². The predicted molar refractivity (Wildman–Crippen MR) is 111 cm³/mol. The number of amides is 1. The van der Waals surface area contributed by atoms with Gasteiger partial charge in [-0.2, -0.15) is 0 Å². The molecule has 3 nitrogen and oxygen atoms in total. The zero-order chi connectivity index (χ0) is 18.0. The van der Waals surface area contributed by atoms with Gasteiger partial charge in [0, 0.05) is 10.7 Å². The fraction of sp³-hybridized carbons (Fsp3) is 0.0588. The van der Waals surface area contributed by atoms with Crippen molar-refractivity contribution in [3.8, 4) is 0 Å². The second kappa shape index (κ2) is 7.98. The second-order valence-electron chi connectivity index (χ2n) is 5.13. The Bertz CT molecular complexity index is 869. The Balaban J connectivity index is 1.72. The minimum Gasteiger partial charge on any atom is -0.367 e. The average Bonchev–Trinajstić information content (AvgIpc) is 2.84. The van der Waals surface area contributed by atoms with Crippen molar-refractivity contribution in [2.75, 3.05) is 12.0 Å². The van der Waals surface area contributed by atoms with Gasteiger partial charge in [0.1, 0.15) is 4.32 Å². The lowest BCUT2D eigenvalue weighted by Crippen LogP contribution is -2.33. The summed E-state index contributed by atoms with van der Waals surface area (Å²) in [5.41, 5.74) is 1.65. The molecule has 25 heavy (non-hydrogen) atoms. The van der Waals surface area contributed by atoms with Crippen molar-refractivity contribution in [2.45, 2.75) is 0 Å². The Morgan fingerprint density at radius 1 is 1.08 bits per heavy atom.